The van der Waals surface area contributed by atoms with E-state index in [9.17, 15) is 64.0 Å². The number of nitriles is 1. The molecule has 0 amide bonds. The van der Waals surface area contributed by atoms with Crippen LogP contribution in [-0.2, 0) is 34.1 Å². The summed E-state index contributed by atoms with van der Waals surface area (Å²) in [5.41, 5.74) is 0.781. The first-order valence-corrected chi connectivity index (χ1v) is 9.30. The van der Waals surface area contributed by atoms with Crippen molar-refractivity contribution in [1.29, 1.82) is 5.26 Å². The van der Waals surface area contributed by atoms with Crippen molar-refractivity contribution in [3.05, 3.63) is 22.7 Å². The molecule has 11 nitrogen and oxygen atoms in total. The van der Waals surface area contributed by atoms with Crippen molar-refractivity contribution in [2.75, 3.05) is 12.3 Å². The molecule has 1 aromatic rings. The lowest BCUT2D eigenvalue weighted by Gasteiger charge is -2.32. The van der Waals surface area contributed by atoms with Crippen LogP contribution >= 0.6 is 0 Å². The minimum Gasteiger partial charge on any atom is -0.459 e. The van der Waals surface area contributed by atoms with Crippen LogP contribution in [0.4, 0.5) is 45.3 Å². The van der Waals surface area contributed by atoms with Gasteiger partial charge in [-0.25, -0.2) is 19.2 Å². The van der Waals surface area contributed by atoms with Crippen LogP contribution in [0.25, 0.3) is 0 Å². The zero-order valence-electron chi connectivity index (χ0n) is 17.5. The predicted molar refractivity (Wildman–Crippen MR) is 93.5 cm³/mol. The van der Waals surface area contributed by atoms with Gasteiger partial charge in [-0.1, -0.05) is 0 Å². The minimum atomic E-state index is -5.84. The van der Waals surface area contributed by atoms with Gasteiger partial charge in [0.05, 0.1) is 12.7 Å². The molecule has 1 aromatic heterocycles. The van der Waals surface area contributed by atoms with Gasteiger partial charge in [0.1, 0.15) is 11.9 Å². The second kappa shape index (κ2) is 9.78. The number of hydrogen-bond donors (Lipinski definition) is 1. The molecule has 1 fully saturated rings. The Bertz CT molecular complexity index is 1170. The van der Waals surface area contributed by atoms with Crippen LogP contribution in [0, 0.1) is 17.2 Å². The number of alkyl halides is 9. The van der Waals surface area contributed by atoms with Gasteiger partial charge in [-0.05, 0) is 12.5 Å². The van der Waals surface area contributed by atoms with Crippen molar-refractivity contribution in [3.8, 4) is 6.07 Å². The molecule has 1 heterocycles. The number of anilines is 1. The minimum absolute atomic E-state index is 0.164. The summed E-state index contributed by atoms with van der Waals surface area (Å²) in [5.74, 6) is -11.8. The maximum atomic E-state index is 12.9. The van der Waals surface area contributed by atoms with E-state index >= 15 is 0 Å². The van der Waals surface area contributed by atoms with Crippen LogP contribution in [-0.4, -0.2) is 64.8 Å². The van der Waals surface area contributed by atoms with E-state index in [1.54, 1.807) is 0 Å². The number of esters is 3. The number of nitrogens with two attached hydrogens (primary N) is 1. The fourth-order valence-electron chi connectivity index (χ4n) is 3.38. The third-order valence-electron chi connectivity index (χ3n) is 4.86. The number of halogens is 9. The Labute approximate surface area is 197 Å². The maximum absolute atomic E-state index is 12.9. The Morgan fingerprint density at radius 3 is 2.00 bits per heavy atom. The molecule has 0 aliphatic heterocycles. The molecule has 1 aliphatic carbocycles. The first-order valence-electron chi connectivity index (χ1n) is 9.30. The van der Waals surface area contributed by atoms with Crippen molar-refractivity contribution in [2.24, 2.45) is 5.92 Å². The Morgan fingerprint density at radius 1 is 1.03 bits per heavy atom. The van der Waals surface area contributed by atoms with Gasteiger partial charge in [-0.2, -0.15) is 49.8 Å². The van der Waals surface area contributed by atoms with Gasteiger partial charge < -0.3 is 19.9 Å². The lowest BCUT2D eigenvalue weighted by atomic mass is 9.95. The first-order chi connectivity index (χ1) is 16.7. The van der Waals surface area contributed by atoms with E-state index in [1.807, 2.05) is 0 Å². The van der Waals surface area contributed by atoms with Crippen LogP contribution in [0.5, 0.6) is 0 Å². The fraction of sp³-hybridized carbons (Fsp3) is 0.529. The molecule has 2 N–H and O–H groups in total. The highest BCUT2D eigenvalue weighted by atomic mass is 19.4. The lowest BCUT2D eigenvalue weighted by molar-refractivity contribution is -0.225. The highest BCUT2D eigenvalue weighted by molar-refractivity contribution is 5.77. The summed E-state index contributed by atoms with van der Waals surface area (Å²) in [6.07, 6.45) is -23.6. The van der Waals surface area contributed by atoms with Crippen LogP contribution in [0.3, 0.4) is 0 Å². The van der Waals surface area contributed by atoms with Crippen molar-refractivity contribution in [3.63, 3.8) is 0 Å². The van der Waals surface area contributed by atoms with Gasteiger partial charge >= 0.3 is 42.1 Å². The molecule has 204 valence electrons. The molecule has 1 saturated carbocycles. The summed E-state index contributed by atoms with van der Waals surface area (Å²) in [5, 5.41) is 9.79. The Hall–Kier alpha value is -4.05. The molecule has 2 rings (SSSR count). The highest BCUT2D eigenvalue weighted by Crippen LogP contribution is 2.45. The third-order valence-corrected chi connectivity index (χ3v) is 4.86. The van der Waals surface area contributed by atoms with Crippen LogP contribution in [0.1, 0.15) is 6.42 Å². The van der Waals surface area contributed by atoms with Gasteiger partial charge in [-0.15, -0.1) is 0 Å². The van der Waals surface area contributed by atoms with Gasteiger partial charge in [0.2, 0.25) is 0 Å². The summed E-state index contributed by atoms with van der Waals surface area (Å²) in [7, 11) is 0. The number of rotatable bonds is 5. The summed E-state index contributed by atoms with van der Waals surface area (Å²) >= 11 is 0. The zero-order valence-corrected chi connectivity index (χ0v) is 17.5. The van der Waals surface area contributed by atoms with Crippen molar-refractivity contribution in [2.45, 2.75) is 42.7 Å². The number of hydrogen-bond acceptors (Lipinski definition) is 10. The molecule has 0 bridgehead atoms. The molecular weight excluding hydrogens is 543 g/mol. The third kappa shape index (κ3) is 6.21. The predicted octanol–water partition coefficient (Wildman–Crippen LogP) is 1.12. The van der Waals surface area contributed by atoms with Gasteiger partial charge in [0.15, 0.2) is 11.6 Å². The Kier molecular flexibility index (Phi) is 7.71. The lowest BCUT2D eigenvalue weighted by Crippen LogP contribution is -2.53. The molecule has 37 heavy (non-hydrogen) atoms. The molecule has 4 atom stereocenters. The van der Waals surface area contributed by atoms with Gasteiger partial charge in [0, 0.05) is 12.1 Å². The number of nitrogen functional groups attached to an aromatic ring is 1. The summed E-state index contributed by atoms with van der Waals surface area (Å²) in [6, 6.07) is 2.04. The van der Waals surface area contributed by atoms with Crippen LogP contribution < -0.4 is 11.4 Å². The summed E-state index contributed by atoms with van der Waals surface area (Å²) < 4.78 is 127. The molecule has 20 heteroatoms. The smallest absolute Gasteiger partial charge is 0.459 e. The average Bonchev–Trinajstić information content (AvgIpc) is 3.03. The number of carbonyl (C=O) groups is 3. The summed E-state index contributed by atoms with van der Waals surface area (Å²) in [6.45, 7) is -1.60. The van der Waals surface area contributed by atoms with E-state index in [2.05, 4.69) is 19.2 Å². The molecular formula is C17H11F9N4O7. The molecule has 1 aliphatic rings. The summed E-state index contributed by atoms with van der Waals surface area (Å²) in [4.78, 5) is 49.6. The van der Waals surface area contributed by atoms with E-state index in [0.717, 1.165) is 6.07 Å². The standard InChI is InChI=1S/C17H11F9N4O7/c18-15(19,20)10(31)35-4-6-3-14(5-27,30-2-1-7(28)29-13(30)34)9(37-12(33)17(24,25)26)8(6)36-11(32)16(21,22)23/h1-2,6,8-9H,3-4H2,(H2,28,29,34)/t6-,8?,9?,14+/m1/s1. The molecule has 0 radical (unpaired) electrons. The van der Waals surface area contributed by atoms with E-state index < -0.39 is 84.6 Å². The SMILES string of the molecule is N#C[C@@]1(n2ccc(N)nc2=O)C[C@H](COC(=O)C(F)(F)F)C(OC(=O)C(F)(F)F)C1OC(=O)C(F)(F)F. The van der Waals surface area contributed by atoms with Gasteiger partial charge in [0.25, 0.3) is 0 Å². The van der Waals surface area contributed by atoms with Crippen molar-refractivity contribution < 1.29 is 68.1 Å². The maximum Gasteiger partial charge on any atom is 0.490 e. The van der Waals surface area contributed by atoms with E-state index in [0.29, 0.717) is 6.20 Å². The first kappa shape index (κ1) is 29.2. The number of ether oxygens (including phenoxy) is 3. The van der Waals surface area contributed by atoms with Crippen molar-refractivity contribution in [1.82, 2.24) is 9.55 Å². The quantitative estimate of drug-likeness (QED) is 0.317. The second-order valence-electron chi connectivity index (χ2n) is 7.29. The molecule has 0 spiro atoms. The largest absolute Gasteiger partial charge is 0.490 e. The number of carbonyl (C=O) groups excluding carboxylic acids is 3. The molecule has 0 saturated heterocycles. The molecule has 0 aromatic carbocycles. The van der Waals surface area contributed by atoms with Crippen molar-refractivity contribution >= 4 is 23.7 Å². The van der Waals surface area contributed by atoms with Crippen LogP contribution in [0.2, 0.25) is 0 Å². The normalized spacial score (nSPS) is 24.2. The van der Waals surface area contributed by atoms with Gasteiger partial charge in [-0.3, -0.25) is 4.57 Å². The average molecular weight is 554 g/mol. The Morgan fingerprint density at radius 2 is 1.54 bits per heavy atom. The number of nitrogens with zero attached hydrogens (tertiary/aromatic N) is 3. The highest BCUT2D eigenvalue weighted by Gasteiger charge is 2.63. The van der Waals surface area contributed by atoms with E-state index in [-0.39, 0.29) is 4.57 Å². The fourth-order valence-corrected chi connectivity index (χ4v) is 3.38. The van der Waals surface area contributed by atoms with E-state index in [4.69, 9.17) is 5.73 Å². The van der Waals surface area contributed by atoms with Crippen LogP contribution in [0.15, 0.2) is 17.1 Å². The topological polar surface area (TPSA) is 164 Å². The zero-order chi connectivity index (χ0) is 28.6. The Balaban J connectivity index is 2.70. The number of aromatic nitrogens is 2. The van der Waals surface area contributed by atoms with E-state index in [1.165, 1.54) is 6.07 Å². The monoisotopic (exact) mass is 554 g/mol. The molecule has 2 unspecified atom stereocenters. The second-order valence-corrected chi connectivity index (χ2v) is 7.29.